The molecule has 34 heavy (non-hydrogen) atoms. The van der Waals surface area contributed by atoms with Crippen molar-refractivity contribution >= 4 is 38.6 Å². The Morgan fingerprint density at radius 2 is 1.76 bits per heavy atom. The molecule has 3 aromatic rings. The monoisotopic (exact) mass is 481 g/mol. The van der Waals surface area contributed by atoms with Crippen LogP contribution in [0.15, 0.2) is 65.8 Å². The van der Waals surface area contributed by atoms with Crippen molar-refractivity contribution in [2.45, 2.75) is 5.79 Å². The van der Waals surface area contributed by atoms with E-state index in [9.17, 15) is 8.42 Å². The quantitative estimate of drug-likeness (QED) is 0.377. The van der Waals surface area contributed by atoms with Crippen molar-refractivity contribution in [1.29, 1.82) is 0 Å². The maximum atomic E-state index is 11.8. The molecule has 1 fully saturated rings. The molecule has 6 N–H and O–H groups in total. The van der Waals surface area contributed by atoms with Crippen molar-refractivity contribution in [3.05, 3.63) is 72.1 Å². The highest BCUT2D eigenvalue weighted by atomic mass is 32.2. The Bertz CT molecular complexity index is 1310. The summed E-state index contributed by atoms with van der Waals surface area (Å²) in [4.78, 5) is 10.2. The van der Waals surface area contributed by atoms with Gasteiger partial charge >= 0.3 is 0 Å². The fraction of sp³-hybridized carbons (Fsp3) is 0.261. The van der Waals surface area contributed by atoms with E-state index in [2.05, 4.69) is 25.2 Å². The number of aromatic nitrogens is 1. The Hall–Kier alpha value is -3.54. The van der Waals surface area contributed by atoms with Gasteiger partial charge in [-0.25, -0.2) is 13.4 Å². The summed E-state index contributed by atoms with van der Waals surface area (Å²) in [7, 11) is -3.46. The number of sulfonamides is 1. The number of rotatable bonds is 5. The number of nitrogens with one attached hydrogen (secondary N) is 4. The van der Waals surface area contributed by atoms with Crippen LogP contribution >= 0.6 is 0 Å². The highest BCUT2D eigenvalue weighted by Crippen LogP contribution is 2.33. The van der Waals surface area contributed by atoms with E-state index in [0.29, 0.717) is 17.2 Å². The number of aromatic amines is 1. The average molecular weight is 482 g/mol. The minimum absolute atomic E-state index is 0.414. The Morgan fingerprint density at radius 1 is 1.06 bits per heavy atom. The van der Waals surface area contributed by atoms with E-state index in [4.69, 9.17) is 15.5 Å². The molecule has 2 aliphatic rings. The van der Waals surface area contributed by atoms with Gasteiger partial charge in [0.2, 0.25) is 15.8 Å². The second-order valence-electron chi connectivity index (χ2n) is 8.31. The molecular formula is C23H27N7O3S. The largest absolute Gasteiger partial charge is 0.378 e. The van der Waals surface area contributed by atoms with Crippen LogP contribution in [-0.2, 0) is 20.5 Å². The topological polar surface area (TPSA) is 137 Å². The number of H-pyrrole nitrogens is 1. The maximum Gasteiger partial charge on any atom is 0.229 e. The zero-order valence-corrected chi connectivity index (χ0v) is 19.5. The molecule has 0 radical (unpaired) electrons. The van der Waals surface area contributed by atoms with E-state index in [1.165, 1.54) is 0 Å². The molecule has 1 aromatic heterocycles. The molecule has 3 heterocycles. The molecule has 1 unspecified atom stereocenters. The summed E-state index contributed by atoms with van der Waals surface area (Å²) in [6, 6.07) is 16.9. The van der Waals surface area contributed by atoms with Gasteiger partial charge in [0.15, 0.2) is 5.84 Å². The lowest BCUT2D eigenvalue weighted by atomic mass is 10.0. The second-order valence-corrected chi connectivity index (χ2v) is 10.1. The molecule has 178 valence electrons. The number of morpholine rings is 1. The van der Waals surface area contributed by atoms with Crippen LogP contribution in [0.1, 0.15) is 11.3 Å². The number of amidine groups is 1. The van der Waals surface area contributed by atoms with Gasteiger partial charge in [-0.1, -0.05) is 24.3 Å². The van der Waals surface area contributed by atoms with Crippen LogP contribution in [0.5, 0.6) is 0 Å². The SMILES string of the molecule is CS(=O)(=O)Nc1ccccc1NC1=NC(N)(c2ccc(N3CCOCC3)cc2)Nc2cc[nH]c21. The van der Waals surface area contributed by atoms with E-state index in [-0.39, 0.29) is 0 Å². The number of para-hydroxylation sites is 2. The zero-order chi connectivity index (χ0) is 23.8. The first kappa shape index (κ1) is 22.3. The number of hydrogen-bond acceptors (Lipinski definition) is 8. The average Bonchev–Trinajstić information content (AvgIpc) is 3.28. The van der Waals surface area contributed by atoms with E-state index in [0.717, 1.165) is 55.2 Å². The van der Waals surface area contributed by atoms with Gasteiger partial charge in [-0.05, 0) is 30.3 Å². The summed E-state index contributed by atoms with van der Waals surface area (Å²) in [5.74, 6) is -0.735. The first-order chi connectivity index (χ1) is 16.3. The lowest BCUT2D eigenvalue weighted by Crippen LogP contribution is -2.47. The van der Waals surface area contributed by atoms with Crippen LogP contribution in [-0.4, -0.2) is 51.8 Å². The van der Waals surface area contributed by atoms with Crippen molar-refractivity contribution in [3.63, 3.8) is 0 Å². The number of ether oxygens (including phenoxy) is 1. The summed E-state index contributed by atoms with van der Waals surface area (Å²) in [5.41, 5.74) is 11.1. The zero-order valence-electron chi connectivity index (χ0n) is 18.7. The Labute approximate surface area is 198 Å². The second kappa shape index (κ2) is 8.67. The van der Waals surface area contributed by atoms with Gasteiger partial charge in [0.25, 0.3) is 0 Å². The Morgan fingerprint density at radius 3 is 2.47 bits per heavy atom. The molecular weight excluding hydrogens is 454 g/mol. The number of anilines is 4. The molecule has 1 atom stereocenters. The fourth-order valence-electron chi connectivity index (χ4n) is 4.12. The van der Waals surface area contributed by atoms with E-state index in [1.807, 2.05) is 36.4 Å². The molecule has 5 rings (SSSR count). The van der Waals surface area contributed by atoms with Crippen LogP contribution in [0.3, 0.4) is 0 Å². The summed E-state index contributed by atoms with van der Waals surface area (Å²) in [6.07, 6.45) is 2.91. The van der Waals surface area contributed by atoms with Crippen molar-refractivity contribution in [2.24, 2.45) is 10.7 Å². The first-order valence-corrected chi connectivity index (χ1v) is 12.8. The lowest BCUT2D eigenvalue weighted by Gasteiger charge is -2.34. The smallest absolute Gasteiger partial charge is 0.229 e. The summed E-state index contributed by atoms with van der Waals surface area (Å²) in [6.45, 7) is 3.14. The minimum atomic E-state index is -3.46. The molecule has 11 heteroatoms. The van der Waals surface area contributed by atoms with Gasteiger partial charge in [0.1, 0.15) is 5.69 Å². The van der Waals surface area contributed by atoms with Gasteiger partial charge in [-0.15, -0.1) is 0 Å². The molecule has 0 spiro atoms. The van der Waals surface area contributed by atoms with Crippen LogP contribution in [0, 0.1) is 0 Å². The third kappa shape index (κ3) is 4.58. The number of nitrogens with two attached hydrogens (primary N) is 1. The molecule has 0 amide bonds. The first-order valence-electron chi connectivity index (χ1n) is 10.9. The summed E-state index contributed by atoms with van der Waals surface area (Å²) >= 11 is 0. The predicted molar refractivity (Wildman–Crippen MR) is 135 cm³/mol. The van der Waals surface area contributed by atoms with Crippen LogP contribution < -0.4 is 26.0 Å². The van der Waals surface area contributed by atoms with Gasteiger partial charge in [0, 0.05) is 30.5 Å². The summed E-state index contributed by atoms with van der Waals surface area (Å²) in [5, 5.41) is 6.56. The number of nitrogens with zero attached hydrogens (tertiary/aromatic N) is 2. The van der Waals surface area contributed by atoms with Crippen LogP contribution in [0.4, 0.5) is 22.7 Å². The number of fused-ring (bicyclic) bond motifs is 1. The van der Waals surface area contributed by atoms with Gasteiger partial charge < -0.3 is 25.3 Å². The minimum Gasteiger partial charge on any atom is -0.378 e. The molecule has 0 saturated carbocycles. The summed E-state index contributed by atoms with van der Waals surface area (Å²) < 4.78 is 31.6. The number of hydrogen-bond donors (Lipinski definition) is 5. The maximum absolute atomic E-state index is 11.8. The molecule has 2 aromatic carbocycles. The van der Waals surface area contributed by atoms with Gasteiger partial charge in [-0.2, -0.15) is 0 Å². The third-order valence-electron chi connectivity index (χ3n) is 5.76. The molecule has 2 aliphatic heterocycles. The fourth-order valence-corrected chi connectivity index (χ4v) is 4.70. The molecule has 10 nitrogen and oxygen atoms in total. The molecule has 1 saturated heterocycles. The van der Waals surface area contributed by atoms with Crippen molar-refractivity contribution in [2.75, 3.05) is 52.8 Å². The highest BCUT2D eigenvalue weighted by molar-refractivity contribution is 7.92. The number of benzene rings is 2. The van der Waals surface area contributed by atoms with Crippen LogP contribution in [0.2, 0.25) is 0 Å². The van der Waals surface area contributed by atoms with Crippen molar-refractivity contribution < 1.29 is 13.2 Å². The number of aliphatic imine (C=N–C) groups is 1. The van der Waals surface area contributed by atoms with Crippen LogP contribution in [0.25, 0.3) is 0 Å². The van der Waals surface area contributed by atoms with E-state index < -0.39 is 15.8 Å². The predicted octanol–water partition coefficient (Wildman–Crippen LogP) is 2.28. The van der Waals surface area contributed by atoms with Gasteiger partial charge in [0.05, 0.1) is 36.5 Å². The standard InChI is InChI=1S/C23H27N7O3S/c1-34(31,32)29-19-5-3-2-4-18(19)26-22-21-20(10-11-25-21)27-23(24,28-22)16-6-8-17(9-7-16)30-12-14-33-15-13-30/h2-11,25,27,29H,12-15,24H2,1H3,(H,26,28). The van der Waals surface area contributed by atoms with Crippen molar-refractivity contribution in [3.8, 4) is 0 Å². The lowest BCUT2D eigenvalue weighted by molar-refractivity contribution is 0.122. The highest BCUT2D eigenvalue weighted by Gasteiger charge is 2.34. The normalized spacial score (nSPS) is 20.2. The Balaban J connectivity index is 1.47. The van der Waals surface area contributed by atoms with Crippen molar-refractivity contribution in [1.82, 2.24) is 4.98 Å². The van der Waals surface area contributed by atoms with E-state index in [1.54, 1.807) is 24.4 Å². The Kier molecular flexibility index (Phi) is 5.68. The van der Waals surface area contributed by atoms with Gasteiger partial charge in [-0.3, -0.25) is 10.5 Å². The molecule has 0 bridgehead atoms. The molecule has 0 aliphatic carbocycles. The third-order valence-corrected chi connectivity index (χ3v) is 6.35. The van der Waals surface area contributed by atoms with E-state index >= 15 is 0 Å².